The first-order valence-corrected chi connectivity index (χ1v) is 4.98. The molecule has 2 fully saturated rings. The van der Waals surface area contributed by atoms with Gasteiger partial charge < -0.3 is 16.0 Å². The van der Waals surface area contributed by atoms with Gasteiger partial charge in [0.1, 0.15) is 0 Å². The zero-order valence-corrected chi connectivity index (χ0v) is 7.68. The molecule has 70 valence electrons. The van der Waals surface area contributed by atoms with Crippen LogP contribution >= 0.6 is 0 Å². The summed E-state index contributed by atoms with van der Waals surface area (Å²) in [5.41, 5.74) is 6.16. The van der Waals surface area contributed by atoms with E-state index in [1.54, 1.807) is 0 Å². The molecule has 2 heterocycles. The molecule has 0 aliphatic carbocycles. The van der Waals surface area contributed by atoms with Crippen molar-refractivity contribution in [1.29, 1.82) is 0 Å². The molecule has 3 heteroatoms. The van der Waals surface area contributed by atoms with Crippen LogP contribution in [-0.2, 0) is 0 Å². The van der Waals surface area contributed by atoms with Gasteiger partial charge in [-0.25, -0.2) is 0 Å². The summed E-state index contributed by atoms with van der Waals surface area (Å²) in [6.07, 6.45) is 2.74. The highest BCUT2D eigenvalue weighted by molar-refractivity contribution is 4.95. The average Bonchev–Trinajstić information content (AvgIpc) is 2.65. The van der Waals surface area contributed by atoms with Gasteiger partial charge in [0.05, 0.1) is 0 Å². The Kier molecular flexibility index (Phi) is 2.35. The Morgan fingerprint density at radius 2 is 2.33 bits per heavy atom. The van der Waals surface area contributed by atoms with Crippen LogP contribution in [0.4, 0.5) is 0 Å². The molecule has 2 aliphatic rings. The van der Waals surface area contributed by atoms with Crippen molar-refractivity contribution in [2.75, 3.05) is 39.3 Å². The number of nitrogens with one attached hydrogen (secondary N) is 1. The summed E-state index contributed by atoms with van der Waals surface area (Å²) in [5.74, 6) is 0. The summed E-state index contributed by atoms with van der Waals surface area (Å²) >= 11 is 0. The van der Waals surface area contributed by atoms with E-state index < -0.39 is 0 Å². The van der Waals surface area contributed by atoms with Gasteiger partial charge in [-0.1, -0.05) is 0 Å². The third-order valence-corrected chi connectivity index (χ3v) is 3.29. The summed E-state index contributed by atoms with van der Waals surface area (Å²) in [4.78, 5) is 2.51. The van der Waals surface area contributed by atoms with Gasteiger partial charge in [-0.3, -0.25) is 0 Å². The second kappa shape index (κ2) is 3.32. The fourth-order valence-electron chi connectivity index (χ4n) is 2.55. The van der Waals surface area contributed by atoms with Gasteiger partial charge in [-0.05, 0) is 31.3 Å². The molecule has 0 aromatic carbocycles. The number of nitrogens with two attached hydrogens (primary N) is 1. The highest BCUT2D eigenvalue weighted by Gasteiger charge is 2.39. The highest BCUT2D eigenvalue weighted by atomic mass is 15.2. The molecule has 2 saturated heterocycles. The molecule has 0 saturated carbocycles. The van der Waals surface area contributed by atoms with Crippen LogP contribution in [0.1, 0.15) is 12.8 Å². The van der Waals surface area contributed by atoms with Crippen LogP contribution < -0.4 is 11.1 Å². The van der Waals surface area contributed by atoms with Gasteiger partial charge in [0.25, 0.3) is 0 Å². The smallest absolute Gasteiger partial charge is 0.0105 e. The number of hydrogen-bond donors (Lipinski definition) is 2. The lowest BCUT2D eigenvalue weighted by Crippen LogP contribution is -2.32. The molecule has 0 amide bonds. The van der Waals surface area contributed by atoms with Crippen LogP contribution in [0.15, 0.2) is 0 Å². The zero-order chi connectivity index (χ0) is 8.44. The highest BCUT2D eigenvalue weighted by Crippen LogP contribution is 2.35. The van der Waals surface area contributed by atoms with Crippen LogP contribution in [0.25, 0.3) is 0 Å². The minimum atomic E-state index is 0.620. The standard InChI is InChI=1S/C9H19N3/c10-3-6-12-5-2-9(8-12)1-4-11-7-9/h11H,1-8,10H2. The molecule has 1 spiro atoms. The van der Waals surface area contributed by atoms with E-state index in [0.717, 1.165) is 13.1 Å². The maximum absolute atomic E-state index is 5.54. The van der Waals surface area contributed by atoms with E-state index >= 15 is 0 Å². The Hall–Kier alpha value is -0.120. The Morgan fingerprint density at radius 3 is 3.00 bits per heavy atom. The molecule has 0 aromatic heterocycles. The van der Waals surface area contributed by atoms with Crippen molar-refractivity contribution in [2.45, 2.75) is 12.8 Å². The molecule has 0 radical (unpaired) electrons. The van der Waals surface area contributed by atoms with E-state index in [-0.39, 0.29) is 0 Å². The maximum atomic E-state index is 5.54. The van der Waals surface area contributed by atoms with Crippen molar-refractivity contribution < 1.29 is 0 Å². The Balaban J connectivity index is 1.88. The number of nitrogens with zero attached hydrogens (tertiary/aromatic N) is 1. The van der Waals surface area contributed by atoms with Gasteiger partial charge in [0.15, 0.2) is 0 Å². The van der Waals surface area contributed by atoms with Crippen LogP contribution in [0.2, 0.25) is 0 Å². The van der Waals surface area contributed by atoms with Crippen LogP contribution in [0.3, 0.4) is 0 Å². The molecule has 1 atom stereocenters. The molecular formula is C9H19N3. The van der Waals surface area contributed by atoms with E-state index in [4.69, 9.17) is 5.73 Å². The molecule has 3 N–H and O–H groups in total. The largest absolute Gasteiger partial charge is 0.329 e. The second-order valence-corrected chi connectivity index (χ2v) is 4.24. The first-order valence-electron chi connectivity index (χ1n) is 4.98. The minimum Gasteiger partial charge on any atom is -0.329 e. The van der Waals surface area contributed by atoms with Gasteiger partial charge in [-0.2, -0.15) is 0 Å². The Labute approximate surface area is 74.3 Å². The topological polar surface area (TPSA) is 41.3 Å². The Morgan fingerprint density at radius 1 is 1.42 bits per heavy atom. The summed E-state index contributed by atoms with van der Waals surface area (Å²) < 4.78 is 0. The molecule has 0 aromatic rings. The van der Waals surface area contributed by atoms with E-state index in [9.17, 15) is 0 Å². The normalized spacial score (nSPS) is 36.8. The second-order valence-electron chi connectivity index (χ2n) is 4.24. The fourth-order valence-corrected chi connectivity index (χ4v) is 2.55. The van der Waals surface area contributed by atoms with Crippen molar-refractivity contribution in [3.63, 3.8) is 0 Å². The number of hydrogen-bond acceptors (Lipinski definition) is 3. The third-order valence-electron chi connectivity index (χ3n) is 3.29. The quantitative estimate of drug-likeness (QED) is 0.592. The van der Waals surface area contributed by atoms with E-state index in [1.807, 2.05) is 0 Å². The third kappa shape index (κ3) is 1.49. The average molecular weight is 169 g/mol. The van der Waals surface area contributed by atoms with Gasteiger partial charge in [-0.15, -0.1) is 0 Å². The van der Waals surface area contributed by atoms with Crippen LogP contribution in [-0.4, -0.2) is 44.2 Å². The van der Waals surface area contributed by atoms with Gasteiger partial charge in [0.2, 0.25) is 0 Å². The van der Waals surface area contributed by atoms with Gasteiger partial charge >= 0.3 is 0 Å². The molecule has 3 nitrogen and oxygen atoms in total. The molecule has 12 heavy (non-hydrogen) atoms. The van der Waals surface area contributed by atoms with Crippen LogP contribution in [0.5, 0.6) is 0 Å². The number of rotatable bonds is 2. The van der Waals surface area contributed by atoms with Crippen molar-refractivity contribution in [3.8, 4) is 0 Å². The molecule has 2 aliphatic heterocycles. The molecule has 1 unspecified atom stereocenters. The maximum Gasteiger partial charge on any atom is 0.0105 e. The lowest BCUT2D eigenvalue weighted by molar-refractivity contribution is 0.279. The lowest BCUT2D eigenvalue weighted by Gasteiger charge is -2.22. The minimum absolute atomic E-state index is 0.620. The van der Waals surface area contributed by atoms with Crippen molar-refractivity contribution in [1.82, 2.24) is 10.2 Å². The first kappa shape index (κ1) is 8.48. The molecular weight excluding hydrogens is 150 g/mol. The van der Waals surface area contributed by atoms with Crippen molar-refractivity contribution in [2.24, 2.45) is 11.1 Å². The first-order chi connectivity index (χ1) is 5.85. The predicted octanol–water partition coefficient (Wildman–Crippen LogP) is -0.369. The fraction of sp³-hybridized carbons (Fsp3) is 1.00. The van der Waals surface area contributed by atoms with E-state index in [1.165, 1.54) is 39.0 Å². The monoisotopic (exact) mass is 169 g/mol. The zero-order valence-electron chi connectivity index (χ0n) is 7.68. The summed E-state index contributed by atoms with van der Waals surface area (Å²) in [5, 5.41) is 3.46. The molecule has 2 rings (SSSR count). The summed E-state index contributed by atoms with van der Waals surface area (Å²) in [6, 6.07) is 0. The SMILES string of the molecule is NCCN1CCC2(CCNC2)C1. The van der Waals surface area contributed by atoms with E-state index in [2.05, 4.69) is 10.2 Å². The van der Waals surface area contributed by atoms with Crippen molar-refractivity contribution >= 4 is 0 Å². The summed E-state index contributed by atoms with van der Waals surface area (Å²) in [7, 11) is 0. The Bertz CT molecular complexity index is 152. The van der Waals surface area contributed by atoms with Gasteiger partial charge in [0, 0.05) is 26.2 Å². The molecule has 0 bridgehead atoms. The van der Waals surface area contributed by atoms with Crippen molar-refractivity contribution in [3.05, 3.63) is 0 Å². The summed E-state index contributed by atoms with van der Waals surface area (Å²) in [6.45, 7) is 6.88. The number of likely N-dealkylation sites (tertiary alicyclic amines) is 1. The van der Waals surface area contributed by atoms with E-state index in [0.29, 0.717) is 5.41 Å². The lowest BCUT2D eigenvalue weighted by atomic mass is 9.87. The van der Waals surface area contributed by atoms with Crippen LogP contribution in [0, 0.1) is 5.41 Å². The predicted molar refractivity (Wildman–Crippen MR) is 50.0 cm³/mol.